The van der Waals surface area contributed by atoms with E-state index in [4.69, 9.17) is 0 Å². The number of hydrogen-bond acceptors (Lipinski definition) is 4. The second kappa shape index (κ2) is 7.59. The highest BCUT2D eigenvalue weighted by Gasteiger charge is 2.30. The van der Waals surface area contributed by atoms with Crippen molar-refractivity contribution < 1.29 is 19.2 Å². The van der Waals surface area contributed by atoms with E-state index in [0.717, 1.165) is 20.9 Å². The van der Waals surface area contributed by atoms with Crippen molar-refractivity contribution in [3.8, 4) is 22.3 Å². The molecule has 5 rings (SSSR count). The Labute approximate surface area is 183 Å². The van der Waals surface area contributed by atoms with Crippen molar-refractivity contribution in [1.82, 2.24) is 0 Å². The minimum absolute atomic E-state index is 0.403. The SMILES string of the molecule is O=C1C=CC(=O)N1c1ccccc1-c1ccccc1-c1ccccc1N1C(=O)C=CC1=O. The minimum atomic E-state index is -0.403. The van der Waals surface area contributed by atoms with Gasteiger partial charge in [-0.3, -0.25) is 19.2 Å². The van der Waals surface area contributed by atoms with Gasteiger partial charge >= 0.3 is 0 Å². The number of imide groups is 2. The monoisotopic (exact) mass is 420 g/mol. The molecule has 3 aromatic rings. The Bertz CT molecular complexity index is 1230. The van der Waals surface area contributed by atoms with Crippen LogP contribution >= 0.6 is 0 Å². The first-order chi connectivity index (χ1) is 15.6. The molecule has 154 valence electrons. The highest BCUT2D eigenvalue weighted by atomic mass is 16.2. The van der Waals surface area contributed by atoms with Crippen molar-refractivity contribution in [2.24, 2.45) is 0 Å². The quantitative estimate of drug-likeness (QED) is 0.601. The van der Waals surface area contributed by atoms with Gasteiger partial charge < -0.3 is 0 Å². The number of carbonyl (C=O) groups is 4. The van der Waals surface area contributed by atoms with Crippen molar-refractivity contribution >= 4 is 35.0 Å². The molecule has 0 radical (unpaired) electrons. The van der Waals surface area contributed by atoms with Gasteiger partial charge in [0.05, 0.1) is 11.4 Å². The predicted molar refractivity (Wildman–Crippen MR) is 121 cm³/mol. The highest BCUT2D eigenvalue weighted by molar-refractivity contribution is 6.30. The van der Waals surface area contributed by atoms with Crippen LogP contribution in [0.4, 0.5) is 11.4 Å². The molecular formula is C26H16N2O4. The third kappa shape index (κ3) is 3.06. The van der Waals surface area contributed by atoms with Crippen molar-refractivity contribution in [2.45, 2.75) is 0 Å². The summed E-state index contributed by atoms with van der Waals surface area (Å²) in [6, 6.07) is 21.8. The van der Waals surface area contributed by atoms with Crippen LogP contribution < -0.4 is 9.80 Å². The van der Waals surface area contributed by atoms with E-state index in [9.17, 15) is 19.2 Å². The van der Waals surface area contributed by atoms with Gasteiger partial charge in [0.25, 0.3) is 23.6 Å². The van der Waals surface area contributed by atoms with Crippen LogP contribution in [0.25, 0.3) is 22.3 Å². The van der Waals surface area contributed by atoms with Gasteiger partial charge in [-0.05, 0) is 23.3 Å². The predicted octanol–water partition coefficient (Wildman–Crippen LogP) is 3.88. The summed E-state index contributed by atoms with van der Waals surface area (Å²) in [6.45, 7) is 0. The largest absolute Gasteiger partial charge is 0.269 e. The molecule has 0 bridgehead atoms. The maximum absolute atomic E-state index is 12.4. The van der Waals surface area contributed by atoms with Crippen LogP contribution in [0.5, 0.6) is 0 Å². The Morgan fingerprint density at radius 3 is 1.00 bits per heavy atom. The van der Waals surface area contributed by atoms with E-state index >= 15 is 0 Å². The number of rotatable bonds is 4. The van der Waals surface area contributed by atoms with Gasteiger partial charge in [-0.2, -0.15) is 0 Å². The summed E-state index contributed by atoms with van der Waals surface area (Å²) in [5.41, 5.74) is 3.81. The van der Waals surface area contributed by atoms with Crippen LogP contribution in [0, 0.1) is 0 Å². The number of nitrogens with zero attached hydrogens (tertiary/aromatic N) is 2. The normalized spacial score (nSPS) is 15.4. The molecule has 2 heterocycles. The topological polar surface area (TPSA) is 74.8 Å². The van der Waals surface area contributed by atoms with Gasteiger partial charge in [0, 0.05) is 35.4 Å². The van der Waals surface area contributed by atoms with Crippen LogP contribution in [0.2, 0.25) is 0 Å². The Morgan fingerprint density at radius 1 is 0.375 bits per heavy atom. The number of hydrogen-bond donors (Lipinski definition) is 0. The second-order valence-corrected chi connectivity index (χ2v) is 7.27. The van der Waals surface area contributed by atoms with E-state index in [1.807, 2.05) is 48.5 Å². The molecule has 2 aliphatic heterocycles. The molecule has 0 saturated heterocycles. The molecule has 0 aromatic heterocycles. The standard InChI is InChI=1S/C26H16N2O4/c29-23-13-14-24(30)27(23)21-11-5-3-9-19(21)17-7-1-2-8-18(17)20-10-4-6-12-22(20)28-25(31)15-16-26(28)32/h1-16H. The summed E-state index contributed by atoms with van der Waals surface area (Å²) in [5.74, 6) is -1.61. The zero-order chi connectivity index (χ0) is 22.2. The Balaban J connectivity index is 1.70. The molecular weight excluding hydrogens is 404 g/mol. The number of benzene rings is 3. The lowest BCUT2D eigenvalue weighted by Crippen LogP contribution is -2.30. The molecule has 32 heavy (non-hydrogen) atoms. The van der Waals surface area contributed by atoms with Gasteiger partial charge in [-0.25, -0.2) is 9.80 Å². The summed E-state index contributed by atoms with van der Waals surface area (Å²) in [6.07, 6.45) is 4.99. The van der Waals surface area contributed by atoms with Gasteiger partial charge in [0.15, 0.2) is 0 Å². The maximum Gasteiger partial charge on any atom is 0.258 e. The average Bonchev–Trinajstić information content (AvgIpc) is 3.33. The summed E-state index contributed by atoms with van der Waals surface area (Å²) < 4.78 is 0. The van der Waals surface area contributed by atoms with Crippen molar-refractivity contribution in [3.05, 3.63) is 97.1 Å². The summed E-state index contributed by atoms with van der Waals surface area (Å²) in [7, 11) is 0. The number of carbonyl (C=O) groups excluding carboxylic acids is 4. The zero-order valence-electron chi connectivity index (χ0n) is 16.8. The first kappa shape index (κ1) is 19.4. The fourth-order valence-electron chi connectivity index (χ4n) is 4.02. The van der Waals surface area contributed by atoms with E-state index in [0.29, 0.717) is 22.5 Å². The molecule has 0 unspecified atom stereocenters. The van der Waals surface area contributed by atoms with Gasteiger partial charge in [0.1, 0.15) is 0 Å². The molecule has 0 N–H and O–H groups in total. The van der Waals surface area contributed by atoms with Crippen molar-refractivity contribution in [1.29, 1.82) is 0 Å². The lowest BCUT2D eigenvalue weighted by Gasteiger charge is -2.22. The fourth-order valence-corrected chi connectivity index (χ4v) is 4.02. The molecule has 0 saturated carbocycles. The molecule has 0 spiro atoms. The molecule has 0 fully saturated rings. The Hall–Kier alpha value is -4.58. The number of para-hydroxylation sites is 2. The molecule has 6 nitrogen and oxygen atoms in total. The van der Waals surface area contributed by atoms with Gasteiger partial charge in [-0.1, -0.05) is 60.7 Å². The van der Waals surface area contributed by atoms with E-state index in [2.05, 4.69) is 0 Å². The summed E-state index contributed by atoms with van der Waals surface area (Å²) in [5, 5.41) is 0. The van der Waals surface area contributed by atoms with Crippen LogP contribution in [0.1, 0.15) is 0 Å². The highest BCUT2D eigenvalue weighted by Crippen LogP contribution is 2.41. The molecule has 0 aliphatic carbocycles. The maximum atomic E-state index is 12.4. The second-order valence-electron chi connectivity index (χ2n) is 7.27. The van der Waals surface area contributed by atoms with Crippen molar-refractivity contribution in [3.63, 3.8) is 0 Å². The summed E-state index contributed by atoms with van der Waals surface area (Å²) >= 11 is 0. The van der Waals surface area contributed by atoms with E-state index in [1.54, 1.807) is 24.3 Å². The minimum Gasteiger partial charge on any atom is -0.269 e. The number of anilines is 2. The molecule has 0 atom stereocenters. The van der Waals surface area contributed by atoms with E-state index in [1.165, 1.54) is 24.3 Å². The van der Waals surface area contributed by atoms with Crippen LogP contribution in [-0.4, -0.2) is 23.6 Å². The van der Waals surface area contributed by atoms with Crippen LogP contribution in [0.3, 0.4) is 0 Å². The van der Waals surface area contributed by atoms with E-state index < -0.39 is 23.6 Å². The molecule has 3 aromatic carbocycles. The van der Waals surface area contributed by atoms with Gasteiger partial charge in [-0.15, -0.1) is 0 Å². The third-order valence-corrected chi connectivity index (χ3v) is 5.42. The first-order valence-electron chi connectivity index (χ1n) is 9.96. The Kier molecular flexibility index (Phi) is 4.60. The van der Waals surface area contributed by atoms with E-state index in [-0.39, 0.29) is 0 Å². The molecule has 2 aliphatic rings. The summed E-state index contributed by atoms with van der Waals surface area (Å²) in [4.78, 5) is 51.7. The lowest BCUT2D eigenvalue weighted by molar-refractivity contribution is -0.121. The van der Waals surface area contributed by atoms with Crippen LogP contribution in [0.15, 0.2) is 97.1 Å². The number of amides is 4. The lowest BCUT2D eigenvalue weighted by atomic mass is 9.92. The molecule has 4 amide bonds. The third-order valence-electron chi connectivity index (χ3n) is 5.42. The zero-order valence-corrected chi connectivity index (χ0v) is 16.8. The fraction of sp³-hybridized carbons (Fsp3) is 0. The van der Waals surface area contributed by atoms with Gasteiger partial charge in [0.2, 0.25) is 0 Å². The average molecular weight is 420 g/mol. The van der Waals surface area contributed by atoms with Crippen molar-refractivity contribution in [2.75, 3.05) is 9.80 Å². The smallest absolute Gasteiger partial charge is 0.258 e. The Morgan fingerprint density at radius 2 is 0.656 bits per heavy atom. The first-order valence-corrected chi connectivity index (χ1v) is 9.96. The van der Waals surface area contributed by atoms with Crippen LogP contribution in [-0.2, 0) is 19.2 Å². The molecule has 6 heteroatoms.